The van der Waals surface area contributed by atoms with Crippen LogP contribution in [0.25, 0.3) is 10.9 Å². The number of nitrogens with zero attached hydrogens (tertiary/aromatic N) is 1. The first-order chi connectivity index (χ1) is 13.7. The van der Waals surface area contributed by atoms with Gasteiger partial charge in [0, 0.05) is 42.2 Å². The lowest BCUT2D eigenvalue weighted by Gasteiger charge is -2.28. The van der Waals surface area contributed by atoms with Crippen LogP contribution >= 0.6 is 0 Å². The van der Waals surface area contributed by atoms with Crippen molar-refractivity contribution >= 4 is 22.8 Å². The fraction of sp³-hybridized carbons (Fsp3) is 0.381. The number of para-hydroxylation sites is 1. The molecule has 0 aliphatic carbocycles. The number of carboxylic acid groups (broad SMARTS) is 2. The van der Waals surface area contributed by atoms with Crippen LogP contribution < -0.4 is 10.6 Å². The van der Waals surface area contributed by atoms with Crippen molar-refractivity contribution in [2.24, 2.45) is 0 Å². The Morgan fingerprint density at radius 3 is 2.45 bits per heavy atom. The van der Waals surface area contributed by atoms with Gasteiger partial charge in [-0.25, -0.2) is 14.6 Å². The summed E-state index contributed by atoms with van der Waals surface area (Å²) in [6, 6.07) is 7.37. The summed E-state index contributed by atoms with van der Waals surface area (Å²) in [4.78, 5) is 25.7. The largest absolute Gasteiger partial charge is 0.478 e. The van der Waals surface area contributed by atoms with Gasteiger partial charge in [-0.3, -0.25) is 0 Å². The minimum atomic E-state index is -1.04. The topological polar surface area (TPSA) is 132 Å². The molecular weight excluding hydrogens is 374 g/mol. The molecule has 0 bridgehead atoms. The van der Waals surface area contributed by atoms with Crippen molar-refractivity contribution in [3.8, 4) is 0 Å². The van der Waals surface area contributed by atoms with E-state index < -0.39 is 18.0 Å². The number of fused-ring (bicyclic) bond motifs is 1. The highest BCUT2D eigenvalue weighted by atomic mass is 16.4. The number of rotatable bonds is 5. The fourth-order valence-electron chi connectivity index (χ4n) is 3.21. The second-order valence-corrected chi connectivity index (χ2v) is 7.02. The summed E-state index contributed by atoms with van der Waals surface area (Å²) in [5, 5.41) is 35.0. The second-order valence-electron chi connectivity index (χ2n) is 7.02. The number of aliphatic hydroxyl groups excluding tert-OH is 1. The van der Waals surface area contributed by atoms with Crippen molar-refractivity contribution in [1.29, 1.82) is 0 Å². The molecule has 1 aliphatic rings. The second kappa shape index (κ2) is 10.1. The van der Waals surface area contributed by atoms with E-state index in [0.717, 1.165) is 24.0 Å². The molecule has 8 heteroatoms. The number of carbonyl (C=O) groups is 2. The number of carboxylic acids is 2. The predicted octanol–water partition coefficient (Wildman–Crippen LogP) is 1.74. The SMILES string of the molecule is C=C(C)C(=O)O.CC(O)Cc1c(C2CNCCN2)c(C(=O)O)nc2ccccc12. The highest BCUT2D eigenvalue weighted by Gasteiger charge is 2.27. The average Bonchev–Trinajstić information content (AvgIpc) is 2.68. The molecule has 156 valence electrons. The number of aliphatic carboxylic acids is 1. The number of hydrogen-bond acceptors (Lipinski definition) is 6. The Hall–Kier alpha value is -2.81. The Morgan fingerprint density at radius 1 is 1.28 bits per heavy atom. The number of aromatic carboxylic acids is 1. The van der Waals surface area contributed by atoms with Gasteiger partial charge >= 0.3 is 11.9 Å². The zero-order valence-electron chi connectivity index (χ0n) is 16.6. The van der Waals surface area contributed by atoms with Crippen molar-refractivity contribution in [3.63, 3.8) is 0 Å². The first-order valence-corrected chi connectivity index (χ1v) is 9.38. The summed E-state index contributed by atoms with van der Waals surface area (Å²) < 4.78 is 0. The number of benzene rings is 1. The van der Waals surface area contributed by atoms with Crippen LogP contribution in [0.15, 0.2) is 36.4 Å². The van der Waals surface area contributed by atoms with Gasteiger partial charge in [-0.05, 0) is 31.9 Å². The Bertz CT molecular complexity index is 893. The van der Waals surface area contributed by atoms with Crippen LogP contribution in [-0.4, -0.2) is 58.0 Å². The van der Waals surface area contributed by atoms with Gasteiger partial charge in [0.25, 0.3) is 0 Å². The molecule has 29 heavy (non-hydrogen) atoms. The smallest absolute Gasteiger partial charge is 0.354 e. The van der Waals surface area contributed by atoms with Gasteiger partial charge in [0.2, 0.25) is 0 Å². The molecule has 2 heterocycles. The Labute approximate surface area is 169 Å². The molecule has 5 N–H and O–H groups in total. The van der Waals surface area contributed by atoms with E-state index in [9.17, 15) is 19.8 Å². The summed E-state index contributed by atoms with van der Waals surface area (Å²) in [6.07, 6.45) is -0.158. The van der Waals surface area contributed by atoms with Gasteiger partial charge in [-0.2, -0.15) is 0 Å². The average molecular weight is 401 g/mol. The molecule has 0 saturated carbocycles. The minimum absolute atomic E-state index is 0.0700. The van der Waals surface area contributed by atoms with E-state index in [4.69, 9.17) is 5.11 Å². The highest BCUT2D eigenvalue weighted by Crippen LogP contribution is 2.30. The fourth-order valence-corrected chi connectivity index (χ4v) is 3.21. The molecule has 1 fully saturated rings. The number of piperazine rings is 1. The monoisotopic (exact) mass is 401 g/mol. The van der Waals surface area contributed by atoms with Crippen molar-refractivity contribution in [1.82, 2.24) is 15.6 Å². The van der Waals surface area contributed by atoms with E-state index in [-0.39, 0.29) is 17.3 Å². The lowest BCUT2D eigenvalue weighted by atomic mass is 9.90. The maximum Gasteiger partial charge on any atom is 0.354 e. The molecule has 8 nitrogen and oxygen atoms in total. The maximum absolute atomic E-state index is 11.8. The standard InChI is InChI=1S/C17H21N3O3.C4H6O2/c1-10(21)8-12-11-4-2-3-5-13(11)20-16(17(22)23)15(12)14-9-18-6-7-19-14;1-3(2)4(5)6/h2-5,10,14,18-19,21H,6-9H2,1H3,(H,22,23);1H2,2H3,(H,5,6). The van der Waals surface area contributed by atoms with Crippen LogP contribution in [0.4, 0.5) is 0 Å². The number of nitrogens with one attached hydrogen (secondary N) is 2. The zero-order valence-corrected chi connectivity index (χ0v) is 16.6. The third-order valence-electron chi connectivity index (χ3n) is 4.50. The molecular formula is C21H27N3O5. The van der Waals surface area contributed by atoms with Crippen LogP contribution in [0.5, 0.6) is 0 Å². The van der Waals surface area contributed by atoms with Crippen molar-refractivity contribution in [2.45, 2.75) is 32.4 Å². The lowest BCUT2D eigenvalue weighted by molar-refractivity contribution is -0.132. The summed E-state index contributed by atoms with van der Waals surface area (Å²) >= 11 is 0. The van der Waals surface area contributed by atoms with Gasteiger partial charge in [-0.1, -0.05) is 24.8 Å². The number of aromatic nitrogens is 1. The summed E-state index contributed by atoms with van der Waals surface area (Å²) in [7, 11) is 0. The highest BCUT2D eigenvalue weighted by molar-refractivity contribution is 5.94. The molecule has 1 aromatic heterocycles. The molecule has 1 aliphatic heterocycles. The minimum Gasteiger partial charge on any atom is -0.478 e. The summed E-state index contributed by atoms with van der Waals surface area (Å²) in [6.45, 7) is 8.58. The molecule has 1 saturated heterocycles. The normalized spacial score (nSPS) is 17.1. The molecule has 1 aromatic carbocycles. The quantitative estimate of drug-likeness (QED) is 0.479. The molecule has 2 aromatic rings. The van der Waals surface area contributed by atoms with Crippen LogP contribution in [0, 0.1) is 0 Å². The van der Waals surface area contributed by atoms with E-state index in [0.29, 0.717) is 24.0 Å². The van der Waals surface area contributed by atoms with Crippen LogP contribution in [0.3, 0.4) is 0 Å². The van der Waals surface area contributed by atoms with Gasteiger partial charge in [0.05, 0.1) is 11.6 Å². The van der Waals surface area contributed by atoms with Gasteiger partial charge in [-0.15, -0.1) is 0 Å². The molecule has 2 unspecified atom stereocenters. The molecule has 3 rings (SSSR count). The van der Waals surface area contributed by atoms with Crippen LogP contribution in [0.1, 0.15) is 41.5 Å². The van der Waals surface area contributed by atoms with Crippen LogP contribution in [0.2, 0.25) is 0 Å². The van der Waals surface area contributed by atoms with Crippen molar-refractivity contribution in [2.75, 3.05) is 19.6 Å². The molecule has 0 amide bonds. The molecule has 0 spiro atoms. The summed E-state index contributed by atoms with van der Waals surface area (Å²) in [5.74, 6) is -1.97. The van der Waals surface area contributed by atoms with Crippen molar-refractivity contribution < 1.29 is 24.9 Å². The number of aliphatic hydroxyl groups is 1. The van der Waals surface area contributed by atoms with Crippen LogP contribution in [-0.2, 0) is 11.2 Å². The van der Waals surface area contributed by atoms with E-state index >= 15 is 0 Å². The Kier molecular flexibility index (Phi) is 7.83. The van der Waals surface area contributed by atoms with Gasteiger partial charge in [0.1, 0.15) is 0 Å². The van der Waals surface area contributed by atoms with E-state index in [2.05, 4.69) is 22.2 Å². The number of pyridine rings is 1. The third kappa shape index (κ3) is 5.83. The molecule has 2 atom stereocenters. The zero-order chi connectivity index (χ0) is 21.6. The first-order valence-electron chi connectivity index (χ1n) is 9.38. The van der Waals surface area contributed by atoms with Gasteiger partial charge in [0.15, 0.2) is 5.69 Å². The van der Waals surface area contributed by atoms with Crippen molar-refractivity contribution in [3.05, 3.63) is 53.2 Å². The number of hydrogen-bond donors (Lipinski definition) is 5. The third-order valence-corrected chi connectivity index (χ3v) is 4.50. The Morgan fingerprint density at radius 2 is 1.93 bits per heavy atom. The van der Waals surface area contributed by atoms with E-state index in [1.165, 1.54) is 6.92 Å². The predicted molar refractivity (Wildman–Crippen MR) is 110 cm³/mol. The van der Waals surface area contributed by atoms with E-state index in [1.807, 2.05) is 24.3 Å². The van der Waals surface area contributed by atoms with E-state index in [1.54, 1.807) is 6.92 Å². The van der Waals surface area contributed by atoms with Gasteiger partial charge < -0.3 is 26.0 Å². The Balaban J connectivity index is 0.000000438. The molecule has 0 radical (unpaired) electrons. The summed E-state index contributed by atoms with van der Waals surface area (Å²) in [5.41, 5.74) is 2.44. The maximum atomic E-state index is 11.8. The first kappa shape index (κ1) is 22.5. The lowest BCUT2D eigenvalue weighted by Crippen LogP contribution is -2.43.